The van der Waals surface area contributed by atoms with Gasteiger partial charge in [0.05, 0.1) is 24.8 Å². The number of para-hydroxylation sites is 2. The molecule has 0 fully saturated rings. The lowest BCUT2D eigenvalue weighted by Gasteiger charge is -2.34. The summed E-state index contributed by atoms with van der Waals surface area (Å²) < 4.78 is 41.1. The summed E-state index contributed by atoms with van der Waals surface area (Å²) >= 11 is 3.50. The minimum absolute atomic E-state index is 0.0380. The summed E-state index contributed by atoms with van der Waals surface area (Å²) in [7, 11) is -1.38. The third-order valence-corrected chi connectivity index (χ3v) is 9.49. The zero-order valence-electron chi connectivity index (χ0n) is 26.2. The van der Waals surface area contributed by atoms with Crippen molar-refractivity contribution in [2.75, 3.05) is 25.1 Å². The van der Waals surface area contributed by atoms with Crippen molar-refractivity contribution in [2.45, 2.75) is 43.8 Å². The van der Waals surface area contributed by atoms with Gasteiger partial charge in [0.15, 0.2) is 0 Å². The van der Waals surface area contributed by atoms with Crippen LogP contribution in [0.15, 0.2) is 112 Å². The van der Waals surface area contributed by atoms with Gasteiger partial charge in [-0.2, -0.15) is 0 Å². The SMILES string of the molecule is COc1ccc(S(=O)(=O)N(CC(=O)N(Cc2cccc(Br)c2)C(Cc2ccccc2)C(=O)NC(C)C)c2ccccc2OC)cc1. The van der Waals surface area contributed by atoms with E-state index in [1.807, 2.05) is 68.4 Å². The van der Waals surface area contributed by atoms with Gasteiger partial charge in [-0.15, -0.1) is 0 Å². The van der Waals surface area contributed by atoms with Crippen LogP contribution < -0.4 is 19.1 Å². The first-order valence-electron chi connectivity index (χ1n) is 14.7. The van der Waals surface area contributed by atoms with Gasteiger partial charge in [0.25, 0.3) is 10.0 Å². The number of benzene rings is 4. The highest BCUT2D eigenvalue weighted by Crippen LogP contribution is 2.33. The van der Waals surface area contributed by atoms with Crippen molar-refractivity contribution in [2.24, 2.45) is 0 Å². The Balaban J connectivity index is 1.83. The number of carbonyl (C=O) groups is 2. The lowest BCUT2D eigenvalue weighted by molar-refractivity contribution is -0.140. The van der Waals surface area contributed by atoms with Crippen molar-refractivity contribution in [1.29, 1.82) is 0 Å². The number of anilines is 1. The van der Waals surface area contributed by atoms with Crippen LogP contribution >= 0.6 is 15.9 Å². The fraction of sp³-hybridized carbons (Fsp3) is 0.257. The molecule has 0 aliphatic rings. The van der Waals surface area contributed by atoms with Gasteiger partial charge < -0.3 is 19.7 Å². The summed E-state index contributed by atoms with van der Waals surface area (Å²) in [6, 6.07) is 28.3. The molecule has 46 heavy (non-hydrogen) atoms. The Hall–Kier alpha value is -4.35. The van der Waals surface area contributed by atoms with Crippen LogP contribution in [0.2, 0.25) is 0 Å². The van der Waals surface area contributed by atoms with Crippen LogP contribution in [0.4, 0.5) is 5.69 Å². The molecule has 1 atom stereocenters. The van der Waals surface area contributed by atoms with Gasteiger partial charge in [0.1, 0.15) is 24.1 Å². The summed E-state index contributed by atoms with van der Waals surface area (Å²) in [5.41, 5.74) is 1.80. The Morgan fingerprint density at radius 2 is 1.48 bits per heavy atom. The third kappa shape index (κ3) is 8.67. The molecule has 4 rings (SSSR count). The lowest BCUT2D eigenvalue weighted by Crippen LogP contribution is -2.54. The molecule has 0 bridgehead atoms. The van der Waals surface area contributed by atoms with E-state index in [-0.39, 0.29) is 41.2 Å². The van der Waals surface area contributed by atoms with E-state index in [1.165, 1.54) is 31.3 Å². The number of hydrogen-bond donors (Lipinski definition) is 1. The molecule has 0 heterocycles. The van der Waals surface area contributed by atoms with Crippen molar-refractivity contribution >= 4 is 43.5 Å². The van der Waals surface area contributed by atoms with E-state index in [1.54, 1.807) is 36.4 Å². The quantitative estimate of drug-likeness (QED) is 0.177. The molecule has 1 N–H and O–H groups in total. The molecule has 2 amide bonds. The second-order valence-electron chi connectivity index (χ2n) is 10.9. The maximum atomic E-state index is 14.6. The predicted octanol–water partition coefficient (Wildman–Crippen LogP) is 5.83. The smallest absolute Gasteiger partial charge is 0.264 e. The fourth-order valence-electron chi connectivity index (χ4n) is 4.99. The van der Waals surface area contributed by atoms with E-state index < -0.39 is 28.5 Å². The molecule has 0 saturated heterocycles. The van der Waals surface area contributed by atoms with Gasteiger partial charge in [-0.25, -0.2) is 8.42 Å². The highest BCUT2D eigenvalue weighted by molar-refractivity contribution is 9.10. The molecule has 0 radical (unpaired) electrons. The number of nitrogens with zero attached hydrogens (tertiary/aromatic N) is 2. The molecule has 0 spiro atoms. The van der Waals surface area contributed by atoms with E-state index in [0.717, 1.165) is 19.9 Å². The molecule has 4 aromatic rings. The van der Waals surface area contributed by atoms with E-state index in [4.69, 9.17) is 9.47 Å². The van der Waals surface area contributed by atoms with Gasteiger partial charge in [0, 0.05) is 23.5 Å². The van der Waals surface area contributed by atoms with E-state index >= 15 is 0 Å². The van der Waals surface area contributed by atoms with Crippen LogP contribution in [0, 0.1) is 0 Å². The first-order chi connectivity index (χ1) is 22.0. The minimum Gasteiger partial charge on any atom is -0.497 e. The Labute approximate surface area is 279 Å². The second kappa shape index (κ2) is 15.8. The lowest BCUT2D eigenvalue weighted by atomic mass is 10.0. The van der Waals surface area contributed by atoms with Crippen molar-refractivity contribution in [3.05, 3.63) is 119 Å². The molecular weight excluding hydrogens is 670 g/mol. The molecule has 0 aromatic heterocycles. The van der Waals surface area contributed by atoms with Crippen LogP contribution in [0.1, 0.15) is 25.0 Å². The highest BCUT2D eigenvalue weighted by atomic mass is 79.9. The first kappa shape index (κ1) is 34.5. The first-order valence-corrected chi connectivity index (χ1v) is 16.9. The number of rotatable bonds is 14. The summed E-state index contributed by atoms with van der Waals surface area (Å²) in [5, 5.41) is 2.96. The summed E-state index contributed by atoms with van der Waals surface area (Å²) in [6.07, 6.45) is 0.221. The zero-order valence-corrected chi connectivity index (χ0v) is 28.6. The van der Waals surface area contributed by atoms with E-state index in [9.17, 15) is 18.0 Å². The molecule has 9 nitrogen and oxygen atoms in total. The molecule has 11 heteroatoms. The average molecular weight is 709 g/mol. The van der Waals surface area contributed by atoms with Crippen molar-refractivity contribution < 1.29 is 27.5 Å². The molecule has 0 aliphatic carbocycles. The van der Waals surface area contributed by atoms with Crippen LogP contribution in [0.25, 0.3) is 0 Å². The highest BCUT2D eigenvalue weighted by Gasteiger charge is 2.35. The van der Waals surface area contributed by atoms with Crippen LogP contribution in [-0.2, 0) is 32.6 Å². The predicted molar refractivity (Wildman–Crippen MR) is 182 cm³/mol. The Morgan fingerprint density at radius 3 is 2.11 bits per heavy atom. The van der Waals surface area contributed by atoms with Crippen molar-refractivity contribution in [3.63, 3.8) is 0 Å². The molecule has 242 valence electrons. The number of halogens is 1. The monoisotopic (exact) mass is 707 g/mol. The summed E-state index contributed by atoms with van der Waals surface area (Å²) in [6.45, 7) is 3.16. The zero-order chi connectivity index (χ0) is 33.3. The normalized spacial score (nSPS) is 11.9. The number of nitrogens with one attached hydrogen (secondary N) is 1. The van der Waals surface area contributed by atoms with Gasteiger partial charge in [-0.3, -0.25) is 13.9 Å². The minimum atomic E-state index is -4.30. The molecule has 0 saturated carbocycles. The third-order valence-electron chi connectivity index (χ3n) is 7.22. The number of ether oxygens (including phenoxy) is 2. The van der Waals surface area contributed by atoms with Gasteiger partial charge in [0.2, 0.25) is 11.8 Å². The Bertz CT molecular complexity index is 1730. The molecular formula is C35H38BrN3O6S. The molecule has 0 aliphatic heterocycles. The van der Waals surface area contributed by atoms with Crippen LogP contribution in [-0.4, -0.2) is 58.0 Å². The standard InChI is InChI=1S/C35H38BrN3O6S/c1-25(2)37-35(41)32(22-26-11-6-5-7-12-26)38(23-27-13-10-14-28(36)21-27)34(40)24-39(31-15-8-9-16-33(31)45-4)46(42,43)30-19-17-29(44-3)18-20-30/h5-21,25,32H,22-24H2,1-4H3,(H,37,41). The maximum absolute atomic E-state index is 14.6. The van der Waals surface area contributed by atoms with Gasteiger partial charge >= 0.3 is 0 Å². The van der Waals surface area contributed by atoms with Gasteiger partial charge in [-0.1, -0.05) is 70.5 Å². The largest absolute Gasteiger partial charge is 0.497 e. The maximum Gasteiger partial charge on any atom is 0.264 e. The summed E-state index contributed by atoms with van der Waals surface area (Å²) in [5.74, 6) is -0.157. The number of hydrogen-bond acceptors (Lipinski definition) is 6. The van der Waals surface area contributed by atoms with Crippen molar-refractivity contribution in [3.8, 4) is 11.5 Å². The molecule has 1 unspecified atom stereocenters. The number of methoxy groups -OCH3 is 2. The number of amides is 2. The van der Waals surface area contributed by atoms with Crippen LogP contribution in [0.5, 0.6) is 11.5 Å². The molecule has 4 aromatic carbocycles. The fourth-order valence-corrected chi connectivity index (χ4v) is 6.86. The number of carbonyl (C=O) groups excluding carboxylic acids is 2. The van der Waals surface area contributed by atoms with Crippen molar-refractivity contribution in [1.82, 2.24) is 10.2 Å². The topological polar surface area (TPSA) is 105 Å². The summed E-state index contributed by atoms with van der Waals surface area (Å²) in [4.78, 5) is 29.8. The Kier molecular flexibility index (Phi) is 11.8. The average Bonchev–Trinajstić information content (AvgIpc) is 3.05. The van der Waals surface area contributed by atoms with E-state index in [0.29, 0.717) is 5.75 Å². The van der Waals surface area contributed by atoms with E-state index in [2.05, 4.69) is 21.2 Å². The Morgan fingerprint density at radius 1 is 0.826 bits per heavy atom. The van der Waals surface area contributed by atoms with Crippen LogP contribution in [0.3, 0.4) is 0 Å². The van der Waals surface area contributed by atoms with Gasteiger partial charge in [-0.05, 0) is 73.5 Å². The number of sulfonamides is 1. The second-order valence-corrected chi connectivity index (χ2v) is 13.7.